The van der Waals surface area contributed by atoms with Crippen molar-refractivity contribution in [2.75, 3.05) is 18.4 Å². The molecule has 2 N–H and O–H groups in total. The van der Waals surface area contributed by atoms with Crippen LogP contribution in [0.2, 0.25) is 0 Å². The average molecular weight is 273 g/mol. The van der Waals surface area contributed by atoms with Gasteiger partial charge in [-0.05, 0) is 49.3 Å². The Morgan fingerprint density at radius 2 is 1.95 bits per heavy atom. The summed E-state index contributed by atoms with van der Waals surface area (Å²) in [6, 6.07) is 3.64. The smallest absolute Gasteiger partial charge is 0.382 e. The van der Waals surface area contributed by atoms with Crippen LogP contribution in [0.5, 0.6) is 0 Å². The van der Waals surface area contributed by atoms with Crippen LogP contribution in [0.1, 0.15) is 18.4 Å². The van der Waals surface area contributed by atoms with Crippen molar-refractivity contribution in [2.45, 2.75) is 25.1 Å². The number of nitrogens with one attached hydrogen (secondary N) is 2. The van der Waals surface area contributed by atoms with Gasteiger partial charge in [0.25, 0.3) is 0 Å². The molecule has 0 aliphatic carbocycles. The summed E-state index contributed by atoms with van der Waals surface area (Å²) in [6.07, 6.45) is -2.86. The Morgan fingerprint density at radius 3 is 2.53 bits per heavy atom. The van der Waals surface area contributed by atoms with Crippen molar-refractivity contribution in [3.8, 4) is 0 Å². The lowest BCUT2D eigenvalue weighted by Gasteiger charge is -2.25. The Bertz CT molecular complexity index is 456. The fourth-order valence-electron chi connectivity index (χ4n) is 2.13. The van der Waals surface area contributed by atoms with Gasteiger partial charge in [0.15, 0.2) is 0 Å². The van der Waals surface area contributed by atoms with Crippen LogP contribution in [0.15, 0.2) is 23.4 Å². The molecule has 19 heavy (non-hydrogen) atoms. The standard InChI is InChI=1S/C12H14F3N3O/c13-12(14,15)10-7-9(1-2-11(10)18-19)17-8-3-5-16-6-4-8/h1-2,7-8,16-17H,3-6H2. The van der Waals surface area contributed by atoms with Gasteiger partial charge in [-0.3, -0.25) is 0 Å². The van der Waals surface area contributed by atoms with E-state index in [1.807, 2.05) is 0 Å². The molecule has 0 radical (unpaired) electrons. The Morgan fingerprint density at radius 1 is 1.26 bits per heavy atom. The molecule has 1 fully saturated rings. The Hall–Kier alpha value is -1.63. The van der Waals surface area contributed by atoms with E-state index in [1.165, 1.54) is 6.07 Å². The molecule has 0 atom stereocenters. The maximum Gasteiger partial charge on any atom is 0.418 e. The van der Waals surface area contributed by atoms with Gasteiger partial charge < -0.3 is 10.6 Å². The number of halogens is 3. The highest BCUT2D eigenvalue weighted by molar-refractivity contribution is 5.58. The SMILES string of the molecule is O=Nc1ccc(NC2CCNCC2)cc1C(F)(F)F. The van der Waals surface area contributed by atoms with E-state index in [2.05, 4.69) is 15.8 Å². The third-order valence-electron chi connectivity index (χ3n) is 3.11. The van der Waals surface area contributed by atoms with Gasteiger partial charge >= 0.3 is 6.18 Å². The van der Waals surface area contributed by atoms with Crippen molar-refractivity contribution in [1.29, 1.82) is 0 Å². The number of piperidine rings is 1. The number of alkyl halides is 3. The number of rotatable bonds is 3. The van der Waals surface area contributed by atoms with Crippen LogP contribution in [-0.2, 0) is 6.18 Å². The lowest BCUT2D eigenvalue weighted by atomic mass is 10.1. The van der Waals surface area contributed by atoms with Gasteiger partial charge in [-0.25, -0.2) is 0 Å². The maximum atomic E-state index is 12.8. The van der Waals surface area contributed by atoms with Crippen LogP contribution in [0.3, 0.4) is 0 Å². The molecular formula is C12H14F3N3O. The molecule has 1 aromatic rings. The zero-order valence-corrected chi connectivity index (χ0v) is 10.1. The molecule has 7 heteroatoms. The van der Waals surface area contributed by atoms with E-state index in [1.54, 1.807) is 0 Å². The molecule has 104 valence electrons. The highest BCUT2D eigenvalue weighted by atomic mass is 19.4. The minimum atomic E-state index is -4.57. The molecule has 0 aromatic heterocycles. The first-order valence-corrected chi connectivity index (χ1v) is 6.02. The fraction of sp³-hybridized carbons (Fsp3) is 0.500. The zero-order valence-electron chi connectivity index (χ0n) is 10.1. The zero-order chi connectivity index (χ0) is 13.9. The second kappa shape index (κ2) is 5.56. The average Bonchev–Trinajstić information content (AvgIpc) is 2.39. The molecule has 2 rings (SSSR count). The van der Waals surface area contributed by atoms with E-state index in [0.717, 1.165) is 38.1 Å². The van der Waals surface area contributed by atoms with Gasteiger partial charge in [-0.1, -0.05) is 0 Å². The van der Waals surface area contributed by atoms with Crippen LogP contribution in [0.25, 0.3) is 0 Å². The number of hydrogen-bond donors (Lipinski definition) is 2. The van der Waals surface area contributed by atoms with Gasteiger partial charge in [0.2, 0.25) is 0 Å². The largest absolute Gasteiger partial charge is 0.418 e. The molecule has 1 heterocycles. The van der Waals surface area contributed by atoms with Gasteiger partial charge in [0, 0.05) is 11.7 Å². The number of benzene rings is 1. The molecule has 0 unspecified atom stereocenters. The van der Waals surface area contributed by atoms with Crippen LogP contribution in [-0.4, -0.2) is 19.1 Å². The predicted molar refractivity (Wildman–Crippen MR) is 66.4 cm³/mol. The van der Waals surface area contributed by atoms with Crippen molar-refractivity contribution in [3.63, 3.8) is 0 Å². The van der Waals surface area contributed by atoms with E-state index in [9.17, 15) is 18.1 Å². The second-order valence-electron chi connectivity index (χ2n) is 4.49. The predicted octanol–water partition coefficient (Wildman–Crippen LogP) is 3.27. The molecule has 1 saturated heterocycles. The first kappa shape index (κ1) is 13.8. The van der Waals surface area contributed by atoms with Gasteiger partial charge in [-0.15, -0.1) is 4.91 Å². The maximum absolute atomic E-state index is 12.8. The summed E-state index contributed by atoms with van der Waals surface area (Å²) in [7, 11) is 0. The fourth-order valence-corrected chi connectivity index (χ4v) is 2.13. The Labute approximate surface area is 108 Å². The Balaban J connectivity index is 2.20. The summed E-state index contributed by atoms with van der Waals surface area (Å²) in [5.41, 5.74) is -1.21. The van der Waals surface area contributed by atoms with Gasteiger partial charge in [-0.2, -0.15) is 13.2 Å². The summed E-state index contributed by atoms with van der Waals surface area (Å²) in [6.45, 7) is 1.69. The van der Waals surface area contributed by atoms with Crippen LogP contribution in [0.4, 0.5) is 24.5 Å². The first-order chi connectivity index (χ1) is 9.00. The third kappa shape index (κ3) is 3.44. The van der Waals surface area contributed by atoms with Crippen LogP contribution in [0, 0.1) is 4.91 Å². The minimum absolute atomic E-state index is 0.150. The summed E-state index contributed by atoms with van der Waals surface area (Å²) >= 11 is 0. The lowest BCUT2D eigenvalue weighted by molar-refractivity contribution is -0.137. The number of nitroso groups, excluding NO2 is 1. The molecule has 1 aliphatic heterocycles. The molecule has 0 spiro atoms. The van der Waals surface area contributed by atoms with E-state index in [0.29, 0.717) is 5.69 Å². The van der Waals surface area contributed by atoms with Crippen LogP contribution < -0.4 is 10.6 Å². The van der Waals surface area contributed by atoms with Crippen LogP contribution >= 0.6 is 0 Å². The van der Waals surface area contributed by atoms with Crippen molar-refractivity contribution in [1.82, 2.24) is 5.32 Å². The monoisotopic (exact) mass is 273 g/mol. The van der Waals surface area contributed by atoms with Crippen molar-refractivity contribution in [2.24, 2.45) is 5.18 Å². The molecule has 1 aromatic carbocycles. The first-order valence-electron chi connectivity index (χ1n) is 6.02. The summed E-state index contributed by atoms with van der Waals surface area (Å²) in [4.78, 5) is 10.4. The molecule has 0 saturated carbocycles. The quantitative estimate of drug-likeness (QED) is 0.831. The molecular weight excluding hydrogens is 259 g/mol. The molecule has 4 nitrogen and oxygen atoms in total. The van der Waals surface area contributed by atoms with Gasteiger partial charge in [0.1, 0.15) is 5.69 Å². The number of anilines is 1. The minimum Gasteiger partial charge on any atom is -0.382 e. The highest BCUT2D eigenvalue weighted by Crippen LogP contribution is 2.38. The lowest BCUT2D eigenvalue weighted by Crippen LogP contribution is -2.35. The van der Waals surface area contributed by atoms with E-state index in [4.69, 9.17) is 0 Å². The topological polar surface area (TPSA) is 53.5 Å². The second-order valence-corrected chi connectivity index (χ2v) is 4.49. The number of hydrogen-bond acceptors (Lipinski definition) is 4. The van der Waals surface area contributed by atoms with Crippen molar-refractivity contribution >= 4 is 11.4 Å². The highest BCUT2D eigenvalue weighted by Gasteiger charge is 2.34. The molecule has 0 amide bonds. The van der Waals surface area contributed by atoms with Crippen molar-refractivity contribution in [3.05, 3.63) is 28.7 Å². The van der Waals surface area contributed by atoms with Crippen molar-refractivity contribution < 1.29 is 13.2 Å². The summed E-state index contributed by atoms with van der Waals surface area (Å²) in [5, 5.41) is 8.66. The molecule has 0 bridgehead atoms. The van der Waals surface area contributed by atoms with E-state index >= 15 is 0 Å². The van der Waals surface area contributed by atoms with Gasteiger partial charge in [0.05, 0.1) is 5.56 Å². The van der Waals surface area contributed by atoms with E-state index < -0.39 is 17.4 Å². The third-order valence-corrected chi connectivity index (χ3v) is 3.11. The summed E-state index contributed by atoms with van der Waals surface area (Å²) in [5.74, 6) is 0. The molecule has 1 aliphatic rings. The number of nitrogens with zero attached hydrogens (tertiary/aromatic N) is 1. The van der Waals surface area contributed by atoms with E-state index in [-0.39, 0.29) is 6.04 Å². The summed E-state index contributed by atoms with van der Waals surface area (Å²) < 4.78 is 38.3. The Kier molecular flexibility index (Phi) is 4.04. The normalized spacial score (nSPS) is 17.2.